The smallest absolute Gasteiger partial charge is 0.263 e. The summed E-state index contributed by atoms with van der Waals surface area (Å²) < 4.78 is 24.6. The summed E-state index contributed by atoms with van der Waals surface area (Å²) in [6, 6.07) is 3.97. The van der Waals surface area contributed by atoms with Gasteiger partial charge in [-0.25, -0.2) is 8.78 Å². The highest BCUT2D eigenvalue weighted by atomic mass is 35.5. The van der Waals surface area contributed by atoms with Crippen molar-refractivity contribution in [1.29, 1.82) is 0 Å². The van der Waals surface area contributed by atoms with Crippen molar-refractivity contribution in [3.8, 4) is 0 Å². The van der Waals surface area contributed by atoms with E-state index in [2.05, 4.69) is 0 Å². The molecular weight excluding hydrogens is 210 g/mol. The van der Waals surface area contributed by atoms with Crippen LogP contribution >= 0.6 is 12.4 Å². The second-order valence-electron chi connectivity index (χ2n) is 3.02. The molecule has 0 spiro atoms. The first-order chi connectivity index (χ1) is 6.00. The summed E-state index contributed by atoms with van der Waals surface area (Å²) in [4.78, 5) is 0. The highest BCUT2D eigenvalue weighted by Gasteiger charge is 2.10. The number of alkyl halides is 2. The van der Waals surface area contributed by atoms with Crippen molar-refractivity contribution in [2.24, 2.45) is 5.73 Å². The minimum Gasteiger partial charge on any atom is -0.399 e. The van der Waals surface area contributed by atoms with Crippen molar-refractivity contribution in [1.82, 2.24) is 0 Å². The first-order valence-electron chi connectivity index (χ1n) is 3.95. The van der Waals surface area contributed by atoms with Crippen molar-refractivity contribution in [2.45, 2.75) is 19.4 Å². The maximum Gasteiger partial charge on any atom is 0.263 e. The fourth-order valence-corrected chi connectivity index (χ4v) is 1.09. The number of halogens is 3. The minimum absolute atomic E-state index is 0. The van der Waals surface area contributed by atoms with Gasteiger partial charge in [0.05, 0.1) is 0 Å². The molecule has 80 valence electrons. The zero-order valence-corrected chi connectivity index (χ0v) is 8.52. The molecule has 14 heavy (non-hydrogen) atoms. The molecule has 0 saturated heterocycles. The molecule has 1 unspecified atom stereocenters. The van der Waals surface area contributed by atoms with Crippen LogP contribution in [0.4, 0.5) is 14.5 Å². The Kier molecular flexibility index (Phi) is 4.80. The molecule has 0 amide bonds. The Bertz CT molecular complexity index is 277. The third kappa shape index (κ3) is 3.12. The van der Waals surface area contributed by atoms with E-state index < -0.39 is 6.43 Å². The van der Waals surface area contributed by atoms with Crippen molar-refractivity contribution < 1.29 is 8.78 Å². The van der Waals surface area contributed by atoms with Crippen LogP contribution < -0.4 is 11.5 Å². The maximum absolute atomic E-state index is 12.3. The van der Waals surface area contributed by atoms with Crippen molar-refractivity contribution in [2.75, 3.05) is 5.73 Å². The van der Waals surface area contributed by atoms with E-state index in [1.807, 2.05) is 0 Å². The average molecular weight is 223 g/mol. The van der Waals surface area contributed by atoms with E-state index in [4.69, 9.17) is 11.5 Å². The van der Waals surface area contributed by atoms with Gasteiger partial charge in [-0.15, -0.1) is 12.4 Å². The van der Waals surface area contributed by atoms with E-state index in [0.29, 0.717) is 11.3 Å². The monoisotopic (exact) mass is 222 g/mol. The molecule has 2 nitrogen and oxygen atoms in total. The number of hydrogen-bond donors (Lipinski definition) is 2. The largest absolute Gasteiger partial charge is 0.399 e. The van der Waals surface area contributed by atoms with Crippen molar-refractivity contribution >= 4 is 18.1 Å². The van der Waals surface area contributed by atoms with Gasteiger partial charge < -0.3 is 11.5 Å². The molecule has 1 atom stereocenters. The number of benzene rings is 1. The summed E-state index contributed by atoms with van der Waals surface area (Å²) in [5.74, 6) is 0. The van der Waals surface area contributed by atoms with Crippen molar-refractivity contribution in [3.05, 3.63) is 29.3 Å². The summed E-state index contributed by atoms with van der Waals surface area (Å²) in [6.45, 7) is 1.73. The zero-order valence-electron chi connectivity index (χ0n) is 7.71. The predicted octanol–water partition coefficient (Wildman–Crippen LogP) is 2.65. The van der Waals surface area contributed by atoms with Gasteiger partial charge in [-0.2, -0.15) is 0 Å². The molecule has 1 aromatic rings. The molecular formula is C9H13ClF2N2. The van der Waals surface area contributed by atoms with Crippen LogP contribution in [0.1, 0.15) is 30.5 Å². The van der Waals surface area contributed by atoms with E-state index in [-0.39, 0.29) is 24.0 Å². The van der Waals surface area contributed by atoms with E-state index in [9.17, 15) is 8.78 Å². The number of hydrogen-bond acceptors (Lipinski definition) is 2. The molecule has 1 aromatic carbocycles. The predicted molar refractivity (Wildman–Crippen MR) is 55.7 cm³/mol. The van der Waals surface area contributed by atoms with Gasteiger partial charge in [0, 0.05) is 17.3 Å². The summed E-state index contributed by atoms with van der Waals surface area (Å²) >= 11 is 0. The van der Waals surface area contributed by atoms with E-state index in [1.165, 1.54) is 12.1 Å². The first-order valence-corrected chi connectivity index (χ1v) is 3.95. The quantitative estimate of drug-likeness (QED) is 0.756. The minimum atomic E-state index is -2.50. The van der Waals surface area contributed by atoms with Gasteiger partial charge in [0.15, 0.2) is 0 Å². The zero-order chi connectivity index (χ0) is 10.0. The topological polar surface area (TPSA) is 52.0 Å². The van der Waals surface area contributed by atoms with E-state index >= 15 is 0 Å². The van der Waals surface area contributed by atoms with Gasteiger partial charge in [-0.1, -0.05) is 0 Å². The molecule has 0 heterocycles. The van der Waals surface area contributed by atoms with Crippen LogP contribution in [0.25, 0.3) is 0 Å². The Morgan fingerprint density at radius 1 is 1.14 bits per heavy atom. The van der Waals surface area contributed by atoms with Crippen LogP contribution in [0.5, 0.6) is 0 Å². The summed E-state index contributed by atoms with van der Waals surface area (Å²) in [7, 11) is 0. The van der Waals surface area contributed by atoms with Crippen LogP contribution in [-0.4, -0.2) is 0 Å². The average Bonchev–Trinajstić information content (AvgIpc) is 2.03. The van der Waals surface area contributed by atoms with Crippen LogP contribution in [0.2, 0.25) is 0 Å². The van der Waals surface area contributed by atoms with Gasteiger partial charge in [0.25, 0.3) is 6.43 Å². The lowest BCUT2D eigenvalue weighted by Gasteiger charge is -2.09. The molecule has 0 bridgehead atoms. The Morgan fingerprint density at radius 2 is 1.64 bits per heavy atom. The van der Waals surface area contributed by atoms with E-state index in [0.717, 1.165) is 0 Å². The third-order valence-electron chi connectivity index (χ3n) is 1.78. The van der Waals surface area contributed by atoms with Crippen LogP contribution in [0.15, 0.2) is 18.2 Å². The molecule has 0 fully saturated rings. The van der Waals surface area contributed by atoms with Crippen LogP contribution in [0.3, 0.4) is 0 Å². The normalized spacial score (nSPS) is 12.4. The van der Waals surface area contributed by atoms with Gasteiger partial charge in [-0.3, -0.25) is 0 Å². The van der Waals surface area contributed by atoms with Crippen LogP contribution in [-0.2, 0) is 0 Å². The number of nitrogens with two attached hydrogens (primary N) is 2. The lowest BCUT2D eigenvalue weighted by atomic mass is 10.0. The maximum atomic E-state index is 12.3. The van der Waals surface area contributed by atoms with Gasteiger partial charge in [0.2, 0.25) is 0 Å². The second-order valence-corrected chi connectivity index (χ2v) is 3.02. The highest BCUT2D eigenvalue weighted by Crippen LogP contribution is 2.24. The standard InChI is InChI=1S/C9H12F2N2.ClH/c1-5(12)6-2-7(9(10)11)4-8(13)3-6;/h2-5,9H,12-13H2,1H3;1H. The molecule has 0 aliphatic carbocycles. The fraction of sp³-hybridized carbons (Fsp3) is 0.333. The Hall–Kier alpha value is -0.870. The molecule has 1 rings (SSSR count). The number of rotatable bonds is 2. The second kappa shape index (κ2) is 5.12. The van der Waals surface area contributed by atoms with Gasteiger partial charge in [-0.05, 0) is 30.7 Å². The first kappa shape index (κ1) is 13.1. The Labute approximate surface area is 87.7 Å². The molecule has 0 saturated carbocycles. The number of nitrogen functional groups attached to an aromatic ring is 1. The SMILES string of the molecule is CC(N)c1cc(N)cc(C(F)F)c1.Cl. The van der Waals surface area contributed by atoms with Gasteiger partial charge in [0.1, 0.15) is 0 Å². The van der Waals surface area contributed by atoms with Crippen LogP contribution in [0, 0.1) is 0 Å². The summed E-state index contributed by atoms with van der Waals surface area (Å²) in [5, 5.41) is 0. The van der Waals surface area contributed by atoms with E-state index in [1.54, 1.807) is 13.0 Å². The lowest BCUT2D eigenvalue weighted by molar-refractivity contribution is 0.151. The third-order valence-corrected chi connectivity index (χ3v) is 1.78. The molecule has 0 radical (unpaired) electrons. The van der Waals surface area contributed by atoms with Crippen molar-refractivity contribution in [3.63, 3.8) is 0 Å². The lowest BCUT2D eigenvalue weighted by Crippen LogP contribution is -2.06. The highest BCUT2D eigenvalue weighted by molar-refractivity contribution is 5.85. The molecule has 0 aliphatic heterocycles. The molecule has 4 N–H and O–H groups in total. The molecule has 5 heteroatoms. The summed E-state index contributed by atoms with van der Waals surface area (Å²) in [5.41, 5.74) is 11.9. The number of anilines is 1. The molecule has 0 aliphatic rings. The summed E-state index contributed by atoms with van der Waals surface area (Å²) in [6.07, 6.45) is -2.50. The molecule has 0 aromatic heterocycles. The Balaban J connectivity index is 0.00000169. The Morgan fingerprint density at radius 3 is 2.07 bits per heavy atom. The van der Waals surface area contributed by atoms with Gasteiger partial charge >= 0.3 is 0 Å². The fourth-order valence-electron chi connectivity index (χ4n) is 1.09.